The number of carbonyl (C=O) groups excluding carboxylic acids is 2. The molecule has 0 fully saturated rings. The van der Waals surface area contributed by atoms with Crippen LogP contribution in [0.25, 0.3) is 0 Å². The molecule has 0 heterocycles. The molecule has 0 rings (SSSR count). The highest BCUT2D eigenvalue weighted by Gasteiger charge is 2.15. The van der Waals surface area contributed by atoms with Gasteiger partial charge in [-0.05, 0) is 12.8 Å². The van der Waals surface area contributed by atoms with E-state index in [2.05, 4.69) is 13.8 Å². The van der Waals surface area contributed by atoms with E-state index >= 15 is 0 Å². The average molecular weight is 359 g/mol. The third kappa shape index (κ3) is 16.1. The van der Waals surface area contributed by atoms with Gasteiger partial charge in [0, 0.05) is 12.8 Å². The van der Waals surface area contributed by atoms with E-state index in [1.54, 1.807) is 0 Å². The number of carbonyl (C=O) groups is 2. The summed E-state index contributed by atoms with van der Waals surface area (Å²) >= 11 is 0. The van der Waals surface area contributed by atoms with Crippen LogP contribution in [-0.2, 0) is 19.1 Å². The first-order valence-corrected chi connectivity index (χ1v) is 10.1. The van der Waals surface area contributed by atoms with Crippen molar-refractivity contribution in [3.8, 4) is 0 Å². The van der Waals surface area contributed by atoms with Gasteiger partial charge in [-0.3, -0.25) is 9.59 Å². The first kappa shape index (κ1) is 23.9. The maximum absolute atomic E-state index is 11.8. The Morgan fingerprint density at radius 1 is 0.760 bits per heavy atom. The molecule has 0 aromatic heterocycles. The standard InChI is InChI=1S/C20H38O5/c1-3-5-7-8-9-10-11-13-15-20(23)25-18(16-21)17-24-19(22)14-12-6-4-2/h18,21H,3-17H2,1-2H3. The molecule has 0 aliphatic carbocycles. The molecule has 0 aliphatic rings. The summed E-state index contributed by atoms with van der Waals surface area (Å²) < 4.78 is 10.2. The minimum absolute atomic E-state index is 0.0649. The number of ether oxygens (including phenoxy) is 2. The summed E-state index contributed by atoms with van der Waals surface area (Å²) in [6.07, 6.45) is 12.2. The maximum Gasteiger partial charge on any atom is 0.306 e. The van der Waals surface area contributed by atoms with E-state index in [-0.39, 0.29) is 25.2 Å². The summed E-state index contributed by atoms with van der Waals surface area (Å²) in [7, 11) is 0. The highest BCUT2D eigenvalue weighted by atomic mass is 16.6. The zero-order chi connectivity index (χ0) is 18.8. The van der Waals surface area contributed by atoms with Gasteiger partial charge in [0.1, 0.15) is 6.61 Å². The van der Waals surface area contributed by atoms with E-state index in [9.17, 15) is 14.7 Å². The molecule has 0 radical (unpaired) electrons. The van der Waals surface area contributed by atoms with Crippen LogP contribution in [0.2, 0.25) is 0 Å². The first-order valence-electron chi connectivity index (χ1n) is 10.1. The molecular formula is C20H38O5. The average Bonchev–Trinajstić information content (AvgIpc) is 2.61. The number of aliphatic hydroxyl groups excluding tert-OH is 1. The largest absolute Gasteiger partial charge is 0.462 e. The molecule has 0 saturated carbocycles. The zero-order valence-electron chi connectivity index (χ0n) is 16.3. The number of rotatable bonds is 17. The van der Waals surface area contributed by atoms with Gasteiger partial charge in [0.15, 0.2) is 6.10 Å². The molecule has 1 unspecified atom stereocenters. The van der Waals surface area contributed by atoms with Crippen LogP contribution < -0.4 is 0 Å². The second kappa shape index (κ2) is 17.7. The van der Waals surface area contributed by atoms with Gasteiger partial charge in [0.05, 0.1) is 6.61 Å². The zero-order valence-corrected chi connectivity index (χ0v) is 16.3. The lowest BCUT2D eigenvalue weighted by atomic mass is 10.1. The molecule has 0 spiro atoms. The van der Waals surface area contributed by atoms with Gasteiger partial charge >= 0.3 is 11.9 Å². The quantitative estimate of drug-likeness (QED) is 0.305. The number of hydrogen-bond donors (Lipinski definition) is 1. The summed E-state index contributed by atoms with van der Waals surface area (Å²) in [5.41, 5.74) is 0. The predicted octanol–water partition coefficient (Wildman–Crippen LogP) is 4.54. The molecule has 5 heteroatoms. The second-order valence-corrected chi connectivity index (χ2v) is 6.66. The minimum Gasteiger partial charge on any atom is -0.462 e. The van der Waals surface area contributed by atoms with Gasteiger partial charge in [-0.15, -0.1) is 0 Å². The Kier molecular flexibility index (Phi) is 16.9. The number of esters is 2. The molecule has 0 aromatic carbocycles. The molecule has 25 heavy (non-hydrogen) atoms. The smallest absolute Gasteiger partial charge is 0.306 e. The van der Waals surface area contributed by atoms with Gasteiger partial charge in [0.2, 0.25) is 0 Å². The van der Waals surface area contributed by atoms with Crippen LogP contribution in [0, 0.1) is 0 Å². The summed E-state index contributed by atoms with van der Waals surface area (Å²) in [6, 6.07) is 0. The van der Waals surface area contributed by atoms with Crippen molar-refractivity contribution < 1.29 is 24.2 Å². The Hall–Kier alpha value is -1.10. The van der Waals surface area contributed by atoms with Gasteiger partial charge in [-0.1, -0.05) is 71.6 Å². The topological polar surface area (TPSA) is 72.8 Å². The summed E-state index contributed by atoms with van der Waals surface area (Å²) in [6.45, 7) is 3.88. The molecule has 0 aromatic rings. The van der Waals surface area contributed by atoms with Crippen LogP contribution in [0.5, 0.6) is 0 Å². The summed E-state index contributed by atoms with van der Waals surface area (Å²) in [5.74, 6) is -0.627. The number of aliphatic hydroxyl groups is 1. The van der Waals surface area contributed by atoms with E-state index in [1.165, 1.54) is 32.1 Å². The van der Waals surface area contributed by atoms with E-state index in [0.717, 1.165) is 38.5 Å². The molecule has 5 nitrogen and oxygen atoms in total. The highest BCUT2D eigenvalue weighted by Crippen LogP contribution is 2.10. The van der Waals surface area contributed by atoms with Crippen molar-refractivity contribution in [1.82, 2.24) is 0 Å². The fraction of sp³-hybridized carbons (Fsp3) is 0.900. The third-order valence-corrected chi connectivity index (χ3v) is 4.15. The fourth-order valence-electron chi connectivity index (χ4n) is 2.55. The van der Waals surface area contributed by atoms with Gasteiger partial charge in [-0.25, -0.2) is 0 Å². The van der Waals surface area contributed by atoms with E-state index in [1.807, 2.05) is 0 Å². The Bertz CT molecular complexity index is 330. The van der Waals surface area contributed by atoms with E-state index in [0.29, 0.717) is 12.8 Å². The van der Waals surface area contributed by atoms with Crippen molar-refractivity contribution in [1.29, 1.82) is 0 Å². The van der Waals surface area contributed by atoms with E-state index in [4.69, 9.17) is 9.47 Å². The van der Waals surface area contributed by atoms with E-state index < -0.39 is 6.10 Å². The molecular weight excluding hydrogens is 320 g/mol. The van der Waals surface area contributed by atoms with Gasteiger partial charge in [-0.2, -0.15) is 0 Å². The van der Waals surface area contributed by atoms with Crippen molar-refractivity contribution in [3.63, 3.8) is 0 Å². The Labute approximate surface area is 153 Å². The van der Waals surface area contributed by atoms with Crippen molar-refractivity contribution in [2.45, 2.75) is 103 Å². The Morgan fingerprint density at radius 3 is 1.84 bits per heavy atom. The van der Waals surface area contributed by atoms with Crippen molar-refractivity contribution in [2.24, 2.45) is 0 Å². The predicted molar refractivity (Wildman–Crippen MR) is 99.3 cm³/mol. The molecule has 0 amide bonds. The normalized spacial score (nSPS) is 12.0. The fourth-order valence-corrected chi connectivity index (χ4v) is 2.55. The van der Waals surface area contributed by atoms with Crippen molar-refractivity contribution >= 4 is 11.9 Å². The first-order chi connectivity index (χ1) is 12.1. The molecule has 0 bridgehead atoms. The lowest BCUT2D eigenvalue weighted by Crippen LogP contribution is -2.28. The Morgan fingerprint density at radius 2 is 1.24 bits per heavy atom. The molecule has 0 aliphatic heterocycles. The molecule has 1 atom stereocenters. The highest BCUT2D eigenvalue weighted by molar-refractivity contribution is 5.70. The minimum atomic E-state index is -0.753. The number of hydrogen-bond acceptors (Lipinski definition) is 5. The van der Waals surface area contributed by atoms with Gasteiger partial charge in [0.25, 0.3) is 0 Å². The Balaban J connectivity index is 3.67. The monoisotopic (exact) mass is 358 g/mol. The van der Waals surface area contributed by atoms with Crippen LogP contribution in [0.4, 0.5) is 0 Å². The third-order valence-electron chi connectivity index (χ3n) is 4.15. The molecule has 0 saturated heterocycles. The molecule has 1 N–H and O–H groups in total. The van der Waals surface area contributed by atoms with Crippen LogP contribution in [-0.4, -0.2) is 36.4 Å². The maximum atomic E-state index is 11.8. The van der Waals surface area contributed by atoms with Crippen LogP contribution >= 0.6 is 0 Å². The van der Waals surface area contributed by atoms with Crippen molar-refractivity contribution in [3.05, 3.63) is 0 Å². The summed E-state index contributed by atoms with van der Waals surface area (Å²) in [4.78, 5) is 23.3. The van der Waals surface area contributed by atoms with Crippen LogP contribution in [0.15, 0.2) is 0 Å². The molecule has 148 valence electrons. The van der Waals surface area contributed by atoms with Gasteiger partial charge < -0.3 is 14.6 Å². The SMILES string of the molecule is CCCCCCCCCCC(=O)OC(CO)COC(=O)CCCCC. The number of unbranched alkanes of at least 4 members (excludes halogenated alkanes) is 9. The van der Waals surface area contributed by atoms with Crippen molar-refractivity contribution in [2.75, 3.05) is 13.2 Å². The summed E-state index contributed by atoms with van der Waals surface area (Å²) in [5, 5.41) is 9.25. The van der Waals surface area contributed by atoms with Crippen LogP contribution in [0.1, 0.15) is 97.3 Å². The van der Waals surface area contributed by atoms with Crippen LogP contribution in [0.3, 0.4) is 0 Å². The second-order valence-electron chi connectivity index (χ2n) is 6.66. The lowest BCUT2D eigenvalue weighted by molar-refractivity contribution is -0.161. The lowest BCUT2D eigenvalue weighted by Gasteiger charge is -2.15.